The second-order valence-electron chi connectivity index (χ2n) is 4.06. The molecule has 1 heterocycles. The fourth-order valence-corrected chi connectivity index (χ4v) is 1.70. The van der Waals surface area contributed by atoms with Gasteiger partial charge in [0.05, 0.1) is 20.3 Å². The summed E-state index contributed by atoms with van der Waals surface area (Å²) in [7, 11) is 1.46. The molecule has 0 saturated carbocycles. The first kappa shape index (κ1) is 16.9. The molecule has 0 bridgehead atoms. The lowest BCUT2D eigenvalue weighted by atomic mass is 9.97. The highest BCUT2D eigenvalue weighted by molar-refractivity contribution is 5.95. The molecule has 1 aromatic heterocycles. The third-order valence-corrected chi connectivity index (χ3v) is 2.71. The molecule has 21 heavy (non-hydrogen) atoms. The van der Waals surface area contributed by atoms with Gasteiger partial charge in [-0.2, -0.15) is 0 Å². The number of hydrogen-bond acceptors (Lipinski definition) is 7. The Labute approximate surface area is 122 Å². The maximum atomic E-state index is 11.9. The topological polar surface area (TPSA) is 95.0 Å². The van der Waals surface area contributed by atoms with Gasteiger partial charge in [0.15, 0.2) is 5.92 Å². The first-order chi connectivity index (χ1) is 10.0. The fraction of sp³-hybridized carbons (Fsp3) is 0.500. The zero-order valence-electron chi connectivity index (χ0n) is 12.2. The van der Waals surface area contributed by atoms with E-state index < -0.39 is 24.0 Å². The molecule has 7 heteroatoms. The SMILES string of the molecule is CCOC(=O)C(C(=O)OCC)C(O)c1ccc(OC)nc1. The van der Waals surface area contributed by atoms with E-state index in [9.17, 15) is 14.7 Å². The first-order valence-electron chi connectivity index (χ1n) is 6.56. The van der Waals surface area contributed by atoms with Gasteiger partial charge in [-0.1, -0.05) is 0 Å². The van der Waals surface area contributed by atoms with Crippen LogP contribution in [0.25, 0.3) is 0 Å². The summed E-state index contributed by atoms with van der Waals surface area (Å²) in [5.41, 5.74) is 0.293. The van der Waals surface area contributed by atoms with Gasteiger partial charge >= 0.3 is 11.9 Å². The molecule has 116 valence electrons. The van der Waals surface area contributed by atoms with Gasteiger partial charge in [-0.05, 0) is 19.9 Å². The standard InChI is InChI=1S/C14H19NO6/c1-4-20-13(17)11(14(18)21-5-2)12(16)9-6-7-10(19-3)15-8-9/h6-8,11-12,16H,4-5H2,1-3H3. The van der Waals surface area contributed by atoms with Crippen LogP contribution in [0.1, 0.15) is 25.5 Å². The molecule has 1 N–H and O–H groups in total. The summed E-state index contributed by atoms with van der Waals surface area (Å²) < 4.78 is 14.5. The number of carbonyl (C=O) groups is 2. The van der Waals surface area contributed by atoms with Crippen molar-refractivity contribution >= 4 is 11.9 Å². The lowest BCUT2D eigenvalue weighted by Gasteiger charge is -2.20. The molecule has 1 atom stereocenters. The van der Waals surface area contributed by atoms with Crippen LogP contribution in [0, 0.1) is 5.92 Å². The van der Waals surface area contributed by atoms with Gasteiger partial charge in [0.2, 0.25) is 5.88 Å². The van der Waals surface area contributed by atoms with E-state index in [2.05, 4.69) is 4.98 Å². The Morgan fingerprint density at radius 3 is 2.14 bits per heavy atom. The van der Waals surface area contributed by atoms with E-state index >= 15 is 0 Å². The first-order valence-corrected chi connectivity index (χ1v) is 6.56. The number of carbonyl (C=O) groups excluding carboxylic acids is 2. The Kier molecular flexibility index (Phi) is 6.61. The number of aliphatic hydroxyl groups is 1. The van der Waals surface area contributed by atoms with E-state index in [1.807, 2.05) is 0 Å². The van der Waals surface area contributed by atoms with Gasteiger partial charge in [-0.15, -0.1) is 0 Å². The van der Waals surface area contributed by atoms with Gasteiger partial charge in [0, 0.05) is 17.8 Å². The van der Waals surface area contributed by atoms with Gasteiger partial charge in [0.1, 0.15) is 6.10 Å². The molecule has 0 aromatic carbocycles. The van der Waals surface area contributed by atoms with Gasteiger partial charge in [-0.25, -0.2) is 4.98 Å². The normalized spacial score (nSPS) is 11.9. The van der Waals surface area contributed by atoms with E-state index in [1.165, 1.54) is 25.4 Å². The highest BCUT2D eigenvalue weighted by Crippen LogP contribution is 2.25. The molecule has 7 nitrogen and oxygen atoms in total. The number of hydrogen-bond donors (Lipinski definition) is 1. The van der Waals surface area contributed by atoms with Crippen molar-refractivity contribution in [2.45, 2.75) is 20.0 Å². The summed E-state index contributed by atoms with van der Waals surface area (Å²) in [6.45, 7) is 3.42. The summed E-state index contributed by atoms with van der Waals surface area (Å²) >= 11 is 0. The number of aliphatic hydroxyl groups excluding tert-OH is 1. The van der Waals surface area contributed by atoms with Crippen LogP contribution in [0.5, 0.6) is 5.88 Å². The van der Waals surface area contributed by atoms with Gasteiger partial charge in [0.25, 0.3) is 0 Å². The quantitative estimate of drug-likeness (QED) is 0.589. The third-order valence-electron chi connectivity index (χ3n) is 2.71. The van der Waals surface area contributed by atoms with E-state index in [1.54, 1.807) is 13.8 Å². The number of esters is 2. The average molecular weight is 297 g/mol. The smallest absolute Gasteiger partial charge is 0.323 e. The second-order valence-corrected chi connectivity index (χ2v) is 4.06. The van der Waals surface area contributed by atoms with Crippen molar-refractivity contribution in [3.05, 3.63) is 23.9 Å². The second kappa shape index (κ2) is 8.21. The van der Waals surface area contributed by atoms with Crippen LogP contribution in [-0.2, 0) is 19.1 Å². The monoisotopic (exact) mass is 297 g/mol. The maximum absolute atomic E-state index is 11.9. The van der Waals surface area contributed by atoms with Crippen molar-refractivity contribution in [3.63, 3.8) is 0 Å². The minimum absolute atomic E-state index is 0.0995. The highest BCUT2D eigenvalue weighted by atomic mass is 16.6. The van der Waals surface area contributed by atoms with Crippen LogP contribution in [0.2, 0.25) is 0 Å². The summed E-state index contributed by atoms with van der Waals surface area (Å²) in [5.74, 6) is -2.76. The van der Waals surface area contributed by atoms with Crippen LogP contribution < -0.4 is 4.74 Å². The van der Waals surface area contributed by atoms with Crippen molar-refractivity contribution in [2.24, 2.45) is 5.92 Å². The van der Waals surface area contributed by atoms with Gasteiger partial charge < -0.3 is 19.3 Å². The van der Waals surface area contributed by atoms with Crippen LogP contribution >= 0.6 is 0 Å². The molecule has 0 fully saturated rings. The van der Waals surface area contributed by atoms with Crippen molar-refractivity contribution in [1.82, 2.24) is 4.98 Å². The molecule has 0 radical (unpaired) electrons. The average Bonchev–Trinajstić information content (AvgIpc) is 2.48. The largest absolute Gasteiger partial charge is 0.481 e. The highest BCUT2D eigenvalue weighted by Gasteiger charge is 2.37. The van der Waals surface area contributed by atoms with Crippen LogP contribution in [0.3, 0.4) is 0 Å². The molecular weight excluding hydrogens is 278 g/mol. The number of aromatic nitrogens is 1. The molecule has 1 rings (SSSR count). The number of pyridine rings is 1. The summed E-state index contributed by atoms with van der Waals surface area (Å²) in [6, 6.07) is 3.04. The zero-order valence-corrected chi connectivity index (χ0v) is 12.2. The minimum Gasteiger partial charge on any atom is -0.481 e. The number of methoxy groups -OCH3 is 1. The lowest BCUT2D eigenvalue weighted by molar-refractivity contribution is -0.167. The van der Waals surface area contributed by atoms with Crippen LogP contribution in [0.4, 0.5) is 0 Å². The summed E-state index contributed by atoms with van der Waals surface area (Å²) in [4.78, 5) is 27.7. The minimum atomic E-state index is -1.44. The number of ether oxygens (including phenoxy) is 3. The predicted octanol–water partition coefficient (Wildman–Crippen LogP) is 0.866. The van der Waals surface area contributed by atoms with E-state index in [-0.39, 0.29) is 13.2 Å². The number of rotatable bonds is 7. The van der Waals surface area contributed by atoms with Crippen molar-refractivity contribution in [2.75, 3.05) is 20.3 Å². The number of nitrogens with zero attached hydrogens (tertiary/aromatic N) is 1. The Morgan fingerprint density at radius 2 is 1.76 bits per heavy atom. The molecule has 0 spiro atoms. The van der Waals surface area contributed by atoms with Gasteiger partial charge in [-0.3, -0.25) is 9.59 Å². The molecule has 0 aliphatic carbocycles. The lowest BCUT2D eigenvalue weighted by Crippen LogP contribution is -2.33. The maximum Gasteiger partial charge on any atom is 0.323 e. The van der Waals surface area contributed by atoms with E-state index in [0.29, 0.717) is 11.4 Å². The molecule has 0 saturated heterocycles. The molecule has 1 unspecified atom stereocenters. The molecule has 0 amide bonds. The Hall–Kier alpha value is -2.15. The predicted molar refractivity (Wildman–Crippen MR) is 72.5 cm³/mol. The summed E-state index contributed by atoms with van der Waals surface area (Å²) in [6.07, 6.45) is -0.0731. The van der Waals surface area contributed by atoms with Crippen molar-refractivity contribution in [1.29, 1.82) is 0 Å². The van der Waals surface area contributed by atoms with Crippen LogP contribution in [0.15, 0.2) is 18.3 Å². The van der Waals surface area contributed by atoms with Crippen LogP contribution in [-0.4, -0.2) is 42.4 Å². The van der Waals surface area contributed by atoms with E-state index in [4.69, 9.17) is 14.2 Å². The molecule has 0 aliphatic heterocycles. The Morgan fingerprint density at radius 1 is 1.19 bits per heavy atom. The van der Waals surface area contributed by atoms with E-state index in [0.717, 1.165) is 0 Å². The molecular formula is C14H19NO6. The third kappa shape index (κ3) is 4.42. The zero-order chi connectivity index (χ0) is 15.8. The molecule has 1 aromatic rings. The summed E-state index contributed by atoms with van der Waals surface area (Å²) in [5, 5.41) is 10.3. The molecule has 0 aliphatic rings. The Balaban J connectivity index is 2.99. The fourth-order valence-electron chi connectivity index (χ4n) is 1.70. The van der Waals surface area contributed by atoms with Crippen molar-refractivity contribution in [3.8, 4) is 5.88 Å². The Bertz CT molecular complexity index is 455. The van der Waals surface area contributed by atoms with Crippen molar-refractivity contribution < 1.29 is 28.9 Å².